The molecule has 0 aromatic carbocycles. The Labute approximate surface area is 145 Å². The van der Waals surface area contributed by atoms with E-state index >= 15 is 0 Å². The molecule has 3 heterocycles. The number of hydrogen-bond acceptors (Lipinski definition) is 8. The average molecular weight is 344 g/mol. The molecule has 0 bridgehead atoms. The Balaban J connectivity index is 1.65. The van der Waals surface area contributed by atoms with Gasteiger partial charge in [-0.3, -0.25) is 19.5 Å². The molecule has 2 aromatic rings. The second-order valence-electron chi connectivity index (χ2n) is 5.82. The van der Waals surface area contributed by atoms with Gasteiger partial charge in [0.15, 0.2) is 0 Å². The van der Waals surface area contributed by atoms with E-state index in [4.69, 9.17) is 9.15 Å². The first-order valence-electron chi connectivity index (χ1n) is 8.32. The summed E-state index contributed by atoms with van der Waals surface area (Å²) >= 11 is 0. The van der Waals surface area contributed by atoms with Gasteiger partial charge in [0.25, 0.3) is 0 Å². The second kappa shape index (κ2) is 7.98. The van der Waals surface area contributed by atoms with Crippen LogP contribution in [0.3, 0.4) is 0 Å². The van der Waals surface area contributed by atoms with Gasteiger partial charge in [-0.05, 0) is 32.0 Å². The number of carbonyl (C=O) groups excluding carboxylic acids is 2. The number of ether oxygens (including phenoxy) is 1. The first-order chi connectivity index (χ1) is 12.2. The Morgan fingerprint density at radius 3 is 2.92 bits per heavy atom. The zero-order valence-electron chi connectivity index (χ0n) is 14.1. The molecule has 25 heavy (non-hydrogen) atoms. The number of pyridine rings is 1. The van der Waals surface area contributed by atoms with E-state index in [-0.39, 0.29) is 17.8 Å². The molecule has 8 heteroatoms. The summed E-state index contributed by atoms with van der Waals surface area (Å²) in [6.45, 7) is 3.09. The molecular formula is C17H20N4O4. The fourth-order valence-corrected chi connectivity index (χ4v) is 2.86. The fourth-order valence-electron chi connectivity index (χ4n) is 2.86. The quantitative estimate of drug-likeness (QED) is 0.701. The maximum Gasteiger partial charge on any atom is 0.305 e. The third-order valence-corrected chi connectivity index (χ3v) is 4.03. The van der Waals surface area contributed by atoms with E-state index in [2.05, 4.69) is 15.2 Å². The lowest BCUT2D eigenvalue weighted by atomic mass is 10.2. The first-order valence-corrected chi connectivity index (χ1v) is 8.32. The van der Waals surface area contributed by atoms with Crippen LogP contribution < -0.4 is 0 Å². The number of carbonyl (C=O) groups is 2. The normalized spacial score (nSPS) is 17.8. The van der Waals surface area contributed by atoms with Crippen molar-refractivity contribution in [3.63, 3.8) is 0 Å². The predicted octanol–water partition coefficient (Wildman–Crippen LogP) is 1.79. The molecule has 2 aromatic heterocycles. The van der Waals surface area contributed by atoms with Gasteiger partial charge in [0.05, 0.1) is 19.2 Å². The van der Waals surface area contributed by atoms with Crippen LogP contribution >= 0.6 is 0 Å². The van der Waals surface area contributed by atoms with Crippen molar-refractivity contribution in [3.05, 3.63) is 30.4 Å². The molecule has 1 aliphatic heterocycles. The number of rotatable bonds is 7. The highest BCUT2D eigenvalue weighted by Gasteiger charge is 2.35. The molecule has 8 nitrogen and oxygen atoms in total. The molecular weight excluding hydrogens is 324 g/mol. The number of aromatic nitrogens is 3. The van der Waals surface area contributed by atoms with Gasteiger partial charge in [0.1, 0.15) is 5.78 Å². The van der Waals surface area contributed by atoms with E-state index in [0.29, 0.717) is 50.7 Å². The van der Waals surface area contributed by atoms with Crippen LogP contribution in [0.15, 0.2) is 28.9 Å². The highest BCUT2D eigenvalue weighted by molar-refractivity contribution is 5.83. The number of Topliss-reactive ketones (excluding diaryl/α,β-unsaturated/α-hetero) is 1. The fraction of sp³-hybridized carbons (Fsp3) is 0.471. The van der Waals surface area contributed by atoms with Gasteiger partial charge in [-0.2, -0.15) is 0 Å². The third-order valence-electron chi connectivity index (χ3n) is 4.03. The van der Waals surface area contributed by atoms with Crippen molar-refractivity contribution in [1.29, 1.82) is 0 Å². The van der Waals surface area contributed by atoms with Gasteiger partial charge in [0.2, 0.25) is 11.8 Å². The molecule has 1 fully saturated rings. The molecule has 132 valence electrons. The molecule has 0 aliphatic carbocycles. The number of nitrogens with zero attached hydrogens (tertiary/aromatic N) is 4. The molecule has 0 N–H and O–H groups in total. The number of ketones is 1. The molecule has 0 amide bonds. The Morgan fingerprint density at radius 1 is 1.36 bits per heavy atom. The minimum Gasteiger partial charge on any atom is -0.466 e. The second-order valence-corrected chi connectivity index (χ2v) is 5.82. The molecule has 1 aliphatic rings. The van der Waals surface area contributed by atoms with E-state index in [1.807, 2.05) is 4.90 Å². The van der Waals surface area contributed by atoms with Crippen molar-refractivity contribution < 1.29 is 18.7 Å². The molecule has 0 radical (unpaired) electrons. The number of likely N-dealkylation sites (tertiary alicyclic amines) is 1. The van der Waals surface area contributed by atoms with Crippen LogP contribution in [0.25, 0.3) is 11.5 Å². The van der Waals surface area contributed by atoms with Gasteiger partial charge >= 0.3 is 5.97 Å². The molecule has 3 rings (SSSR count). The average Bonchev–Trinajstić information content (AvgIpc) is 3.23. The van der Waals surface area contributed by atoms with Gasteiger partial charge in [0, 0.05) is 30.8 Å². The van der Waals surface area contributed by atoms with Crippen molar-refractivity contribution in [1.82, 2.24) is 20.1 Å². The minimum atomic E-state index is -0.238. The van der Waals surface area contributed by atoms with Crippen LogP contribution in [0.1, 0.15) is 38.1 Å². The van der Waals surface area contributed by atoms with E-state index in [0.717, 1.165) is 5.56 Å². The van der Waals surface area contributed by atoms with Crippen LogP contribution in [0, 0.1) is 0 Å². The smallest absolute Gasteiger partial charge is 0.305 e. The van der Waals surface area contributed by atoms with Crippen molar-refractivity contribution in [2.75, 3.05) is 19.7 Å². The van der Waals surface area contributed by atoms with E-state index in [9.17, 15) is 9.59 Å². The first kappa shape index (κ1) is 17.2. The molecule has 1 atom stereocenters. The topological polar surface area (TPSA) is 98.4 Å². The SMILES string of the molecule is CCOC(=O)CCCN1CC(=O)CC1c1nnc(-c2ccncc2)o1. The van der Waals surface area contributed by atoms with Crippen molar-refractivity contribution in [2.45, 2.75) is 32.2 Å². The molecule has 1 unspecified atom stereocenters. The summed E-state index contributed by atoms with van der Waals surface area (Å²) in [5.41, 5.74) is 0.784. The summed E-state index contributed by atoms with van der Waals surface area (Å²) in [6.07, 6.45) is 4.60. The van der Waals surface area contributed by atoms with Gasteiger partial charge in [-0.15, -0.1) is 10.2 Å². The Morgan fingerprint density at radius 2 is 2.16 bits per heavy atom. The summed E-state index contributed by atoms with van der Waals surface area (Å²) in [5, 5.41) is 8.18. The highest BCUT2D eigenvalue weighted by atomic mass is 16.5. The third kappa shape index (κ3) is 4.27. The Bertz CT molecular complexity index is 731. The number of esters is 1. The van der Waals surface area contributed by atoms with Crippen LogP contribution in [-0.4, -0.2) is 51.5 Å². The predicted molar refractivity (Wildman–Crippen MR) is 87.3 cm³/mol. The maximum absolute atomic E-state index is 11.9. The van der Waals surface area contributed by atoms with E-state index in [1.54, 1.807) is 31.5 Å². The van der Waals surface area contributed by atoms with Crippen LogP contribution in [0.5, 0.6) is 0 Å². The van der Waals surface area contributed by atoms with Crippen LogP contribution in [-0.2, 0) is 14.3 Å². The van der Waals surface area contributed by atoms with Crippen molar-refractivity contribution in [3.8, 4) is 11.5 Å². The minimum absolute atomic E-state index is 0.129. The Hall–Kier alpha value is -2.61. The van der Waals surface area contributed by atoms with Crippen molar-refractivity contribution in [2.24, 2.45) is 0 Å². The largest absolute Gasteiger partial charge is 0.466 e. The van der Waals surface area contributed by atoms with Crippen LogP contribution in [0.4, 0.5) is 0 Å². The molecule has 0 saturated carbocycles. The lowest BCUT2D eigenvalue weighted by Gasteiger charge is -2.20. The highest BCUT2D eigenvalue weighted by Crippen LogP contribution is 2.31. The Kier molecular flexibility index (Phi) is 5.49. The van der Waals surface area contributed by atoms with Gasteiger partial charge in [-0.1, -0.05) is 0 Å². The lowest BCUT2D eigenvalue weighted by molar-refractivity contribution is -0.143. The van der Waals surface area contributed by atoms with Gasteiger partial charge < -0.3 is 9.15 Å². The van der Waals surface area contributed by atoms with E-state index in [1.165, 1.54) is 0 Å². The lowest BCUT2D eigenvalue weighted by Crippen LogP contribution is -2.26. The summed E-state index contributed by atoms with van der Waals surface area (Å²) in [4.78, 5) is 29.3. The summed E-state index contributed by atoms with van der Waals surface area (Å²) in [5.74, 6) is 0.740. The maximum atomic E-state index is 11.9. The zero-order chi connectivity index (χ0) is 17.6. The monoisotopic (exact) mass is 344 g/mol. The molecule has 0 spiro atoms. The van der Waals surface area contributed by atoms with Gasteiger partial charge in [-0.25, -0.2) is 0 Å². The zero-order valence-corrected chi connectivity index (χ0v) is 14.1. The van der Waals surface area contributed by atoms with E-state index < -0.39 is 0 Å². The van der Waals surface area contributed by atoms with Crippen molar-refractivity contribution >= 4 is 11.8 Å². The summed E-state index contributed by atoms with van der Waals surface area (Å²) in [6, 6.07) is 3.33. The summed E-state index contributed by atoms with van der Waals surface area (Å²) in [7, 11) is 0. The molecule has 1 saturated heterocycles. The standard InChI is InChI=1S/C17H20N4O4/c1-2-24-15(23)4-3-9-21-11-13(22)10-14(21)17-20-19-16(25-17)12-5-7-18-8-6-12/h5-8,14H,2-4,9-11H2,1H3. The van der Waals surface area contributed by atoms with Crippen LogP contribution in [0.2, 0.25) is 0 Å². The number of hydrogen-bond donors (Lipinski definition) is 0. The summed E-state index contributed by atoms with van der Waals surface area (Å²) < 4.78 is 10.7.